The molecule has 1 nitrogen and oxygen atoms in total. The molecule has 0 saturated heterocycles. The summed E-state index contributed by atoms with van der Waals surface area (Å²) in [4.78, 5) is 11.3. The van der Waals surface area contributed by atoms with Crippen LogP contribution >= 0.6 is 0 Å². The van der Waals surface area contributed by atoms with Crippen molar-refractivity contribution in [1.29, 1.82) is 0 Å². The van der Waals surface area contributed by atoms with Gasteiger partial charge in [-0.3, -0.25) is 4.79 Å². The predicted molar refractivity (Wildman–Crippen MR) is 48.6 cm³/mol. The molecular weight excluding hydrogens is 136 g/mol. The number of hydrogen-bond acceptors (Lipinski definition) is 1. The molecule has 0 radical (unpaired) electrons. The van der Waals surface area contributed by atoms with Crippen molar-refractivity contribution in [3.63, 3.8) is 0 Å². The number of carbonyl (C=O) groups excluding carboxylic acids is 1. The van der Waals surface area contributed by atoms with Crippen molar-refractivity contribution >= 4 is 5.78 Å². The van der Waals surface area contributed by atoms with Crippen molar-refractivity contribution in [2.24, 2.45) is 5.41 Å². The minimum absolute atomic E-state index is 0.131. The molecule has 0 aromatic rings. The largest absolute Gasteiger partial charge is 0.299 e. The summed E-state index contributed by atoms with van der Waals surface area (Å²) < 4.78 is 0. The molecule has 0 spiro atoms. The number of ketones is 1. The van der Waals surface area contributed by atoms with Crippen LogP contribution in [0.4, 0.5) is 0 Å². The fourth-order valence-corrected chi connectivity index (χ4v) is 0.911. The zero-order valence-electron chi connectivity index (χ0n) is 8.24. The average molecular weight is 156 g/mol. The minimum atomic E-state index is -0.131. The molecule has 0 heterocycles. The molecule has 0 aliphatic heterocycles. The van der Waals surface area contributed by atoms with Gasteiger partial charge in [0, 0.05) is 11.8 Å². The molecule has 0 aromatic carbocycles. The molecule has 0 rings (SSSR count). The van der Waals surface area contributed by atoms with Crippen LogP contribution in [-0.4, -0.2) is 5.78 Å². The van der Waals surface area contributed by atoms with Crippen LogP contribution in [0.5, 0.6) is 0 Å². The fourth-order valence-electron chi connectivity index (χ4n) is 0.911. The molecule has 0 atom stereocenters. The molecule has 0 bridgehead atoms. The summed E-state index contributed by atoms with van der Waals surface area (Å²) in [6, 6.07) is 0. The van der Waals surface area contributed by atoms with Crippen molar-refractivity contribution < 1.29 is 4.79 Å². The SMILES string of the molecule is CCCCCC(=O)C(C)(C)C. The van der Waals surface area contributed by atoms with Crippen molar-refractivity contribution in [2.45, 2.75) is 53.4 Å². The van der Waals surface area contributed by atoms with Crippen LogP contribution in [0.25, 0.3) is 0 Å². The highest BCUT2D eigenvalue weighted by Gasteiger charge is 2.19. The molecule has 0 aliphatic rings. The van der Waals surface area contributed by atoms with Gasteiger partial charge in [0.2, 0.25) is 0 Å². The van der Waals surface area contributed by atoms with E-state index in [0.717, 1.165) is 12.8 Å². The highest BCUT2D eigenvalue weighted by Crippen LogP contribution is 2.18. The molecule has 0 amide bonds. The van der Waals surface area contributed by atoms with Gasteiger partial charge in [-0.05, 0) is 6.42 Å². The van der Waals surface area contributed by atoms with Gasteiger partial charge in [0.15, 0.2) is 0 Å². The standard InChI is InChI=1S/C10H20O/c1-5-6-7-8-9(11)10(2,3)4/h5-8H2,1-4H3. The second-order valence-corrected chi connectivity index (χ2v) is 4.13. The maximum atomic E-state index is 11.3. The van der Waals surface area contributed by atoms with Gasteiger partial charge >= 0.3 is 0 Å². The van der Waals surface area contributed by atoms with Crippen LogP contribution in [0, 0.1) is 5.41 Å². The van der Waals surface area contributed by atoms with Crippen LogP contribution in [0.15, 0.2) is 0 Å². The number of carbonyl (C=O) groups is 1. The minimum Gasteiger partial charge on any atom is -0.299 e. The first-order chi connectivity index (χ1) is 4.98. The van der Waals surface area contributed by atoms with Crippen molar-refractivity contribution in [3.8, 4) is 0 Å². The highest BCUT2D eigenvalue weighted by atomic mass is 16.1. The third kappa shape index (κ3) is 5.00. The third-order valence-electron chi connectivity index (χ3n) is 1.84. The van der Waals surface area contributed by atoms with E-state index in [0.29, 0.717) is 5.78 Å². The fraction of sp³-hybridized carbons (Fsp3) is 0.900. The van der Waals surface area contributed by atoms with E-state index >= 15 is 0 Å². The summed E-state index contributed by atoms with van der Waals surface area (Å²) in [5, 5.41) is 0. The molecule has 0 saturated carbocycles. The van der Waals surface area contributed by atoms with Crippen molar-refractivity contribution in [3.05, 3.63) is 0 Å². The van der Waals surface area contributed by atoms with Gasteiger partial charge in [-0.1, -0.05) is 40.5 Å². The zero-order chi connectivity index (χ0) is 8.91. The van der Waals surface area contributed by atoms with Crippen molar-refractivity contribution in [2.75, 3.05) is 0 Å². The van der Waals surface area contributed by atoms with Crippen molar-refractivity contribution in [1.82, 2.24) is 0 Å². The normalized spacial score (nSPS) is 11.6. The monoisotopic (exact) mass is 156 g/mol. The summed E-state index contributed by atoms with van der Waals surface area (Å²) >= 11 is 0. The summed E-state index contributed by atoms with van der Waals surface area (Å²) in [6.45, 7) is 8.12. The number of hydrogen-bond donors (Lipinski definition) is 0. The smallest absolute Gasteiger partial charge is 0.138 e. The Morgan fingerprint density at radius 1 is 1.18 bits per heavy atom. The first kappa shape index (κ1) is 10.7. The van der Waals surface area contributed by atoms with Crippen LogP contribution in [0.3, 0.4) is 0 Å². The number of Topliss-reactive ketones (excluding diaryl/α,β-unsaturated/α-hetero) is 1. The van der Waals surface area contributed by atoms with Gasteiger partial charge in [0.05, 0.1) is 0 Å². The Bertz CT molecular complexity index is 119. The summed E-state index contributed by atoms with van der Waals surface area (Å²) in [5.41, 5.74) is -0.131. The van der Waals surface area contributed by atoms with E-state index in [4.69, 9.17) is 0 Å². The molecule has 66 valence electrons. The van der Waals surface area contributed by atoms with E-state index in [9.17, 15) is 4.79 Å². The Kier molecular flexibility index (Phi) is 4.39. The molecule has 0 fully saturated rings. The maximum absolute atomic E-state index is 11.3. The molecule has 0 unspecified atom stereocenters. The van der Waals surface area contributed by atoms with E-state index in [-0.39, 0.29) is 5.41 Å². The number of unbranched alkanes of at least 4 members (excludes halogenated alkanes) is 2. The van der Waals surface area contributed by atoms with E-state index in [1.54, 1.807) is 0 Å². The van der Waals surface area contributed by atoms with Crippen LogP contribution < -0.4 is 0 Å². The van der Waals surface area contributed by atoms with Gasteiger partial charge in [0.25, 0.3) is 0 Å². The summed E-state index contributed by atoms with van der Waals surface area (Å²) in [7, 11) is 0. The lowest BCUT2D eigenvalue weighted by Gasteiger charge is -2.15. The lowest BCUT2D eigenvalue weighted by Crippen LogP contribution is -2.19. The van der Waals surface area contributed by atoms with Gasteiger partial charge in [-0.2, -0.15) is 0 Å². The summed E-state index contributed by atoms with van der Waals surface area (Å²) in [6.07, 6.45) is 4.20. The second-order valence-electron chi connectivity index (χ2n) is 4.13. The summed E-state index contributed by atoms with van der Waals surface area (Å²) in [5.74, 6) is 0.394. The van der Waals surface area contributed by atoms with E-state index in [1.165, 1.54) is 12.8 Å². The molecule has 11 heavy (non-hydrogen) atoms. The Morgan fingerprint density at radius 2 is 1.73 bits per heavy atom. The molecule has 1 heteroatoms. The molecule has 0 aliphatic carbocycles. The Balaban J connectivity index is 3.54. The topological polar surface area (TPSA) is 17.1 Å². The first-order valence-electron chi connectivity index (χ1n) is 4.51. The quantitative estimate of drug-likeness (QED) is 0.571. The maximum Gasteiger partial charge on any atom is 0.138 e. The van der Waals surface area contributed by atoms with Crippen LogP contribution in [-0.2, 0) is 4.79 Å². The average Bonchev–Trinajstić information content (AvgIpc) is 1.86. The lowest BCUT2D eigenvalue weighted by atomic mass is 9.88. The lowest BCUT2D eigenvalue weighted by molar-refractivity contribution is -0.126. The van der Waals surface area contributed by atoms with Gasteiger partial charge in [-0.15, -0.1) is 0 Å². The predicted octanol–water partition coefficient (Wildman–Crippen LogP) is 3.18. The van der Waals surface area contributed by atoms with Gasteiger partial charge in [0.1, 0.15) is 5.78 Å². The van der Waals surface area contributed by atoms with E-state index in [1.807, 2.05) is 20.8 Å². The van der Waals surface area contributed by atoms with Crippen LogP contribution in [0.1, 0.15) is 53.4 Å². The van der Waals surface area contributed by atoms with Gasteiger partial charge < -0.3 is 0 Å². The Morgan fingerprint density at radius 3 is 2.09 bits per heavy atom. The Labute approximate surface area is 70.2 Å². The Hall–Kier alpha value is -0.330. The second kappa shape index (κ2) is 4.53. The number of rotatable bonds is 4. The van der Waals surface area contributed by atoms with Crippen LogP contribution in [0.2, 0.25) is 0 Å². The third-order valence-corrected chi connectivity index (χ3v) is 1.84. The molecular formula is C10H20O. The first-order valence-corrected chi connectivity index (χ1v) is 4.51. The molecule has 0 N–H and O–H groups in total. The zero-order valence-corrected chi connectivity index (χ0v) is 8.24. The molecule has 0 aromatic heterocycles. The highest BCUT2D eigenvalue weighted by molar-refractivity contribution is 5.83. The van der Waals surface area contributed by atoms with Gasteiger partial charge in [-0.25, -0.2) is 0 Å². The van der Waals surface area contributed by atoms with E-state index < -0.39 is 0 Å². The van der Waals surface area contributed by atoms with E-state index in [2.05, 4.69) is 6.92 Å².